The average Bonchev–Trinajstić information content (AvgIpc) is 0.677. The molecule has 6 nitrogen and oxygen atoms in total. The maximum Gasteiger partial charge on any atom is 0.200 e. The first kappa shape index (κ1) is 75.8. The highest BCUT2D eigenvalue weighted by molar-refractivity contribution is 6.33. The van der Waals surface area contributed by atoms with E-state index in [1.54, 1.807) is 12.1 Å². The van der Waals surface area contributed by atoms with E-state index in [0.29, 0.717) is 10.8 Å². The van der Waals surface area contributed by atoms with E-state index in [-0.39, 0.29) is 44.0 Å². The van der Waals surface area contributed by atoms with Crippen molar-refractivity contribution in [2.75, 3.05) is 0 Å². The zero-order valence-electron chi connectivity index (χ0n) is 68.2. The number of hydrogen-bond acceptors (Lipinski definition) is 0. The molecule has 0 radical (unpaired) electrons. The summed E-state index contributed by atoms with van der Waals surface area (Å²) in [6, 6.07) is 117. The molecular formula is C112H66F10N6. The summed E-state index contributed by atoms with van der Waals surface area (Å²) in [5.74, 6) is -21.8. The fraction of sp³-hybridized carbons (Fsp3) is 0.0357. The Morgan fingerprint density at radius 1 is 0.188 bits per heavy atom. The maximum absolute atomic E-state index is 15.4. The van der Waals surface area contributed by atoms with Crippen LogP contribution in [0, 0.1) is 58.2 Å². The molecule has 0 atom stereocenters. The average molecular weight is 1690 g/mol. The molecule has 0 fully saturated rings. The lowest BCUT2D eigenvalue weighted by Crippen LogP contribution is -2.16. The van der Waals surface area contributed by atoms with Crippen molar-refractivity contribution >= 4 is 131 Å². The number of aryl methyl sites for hydroxylation is 2. The standard InChI is InChI=1S/C44H28N2.C36H28N2.C32H10F10N2/c1-5-15-29(16-6-1)35-27-39-43-41-33(35)23-13-25-37(41)46(32-21-11-4-12-22-32)40-28-36(30-17-7-2-8-18-30)34-24-14-26-38(42(34)44(40)43)45(39)31-19-9-3-10-20-31;1-3-37-29-19-11-17-25-28(24-15-9-6-10-16-24)22-32-36(33(25)29)35-31(37)21-27(23-13-7-5-8-14-23)26-18-12-20-30(34(26)35)38(32)4-2;33-21-23(35)27(39)31(28(40)24(21)36)43-13-5-1-3-11-7-9-16-19(17(11)13)20-15(43)10-8-12-4-2-6-14(18(12)20)44(16)32-29(41)25(37)22(34)26(38)30(32)42/h1-28H;5-22H,3-4H2,1-2H3;1-10H. The van der Waals surface area contributed by atoms with Gasteiger partial charge in [0, 0.05) is 101 Å². The second-order valence-electron chi connectivity index (χ2n) is 32.5. The summed E-state index contributed by atoms with van der Waals surface area (Å²) in [7, 11) is 0. The Balaban J connectivity index is 0.000000107. The minimum Gasteiger partial charge on any atom is -0.341 e. The summed E-state index contributed by atoms with van der Waals surface area (Å²) in [6.45, 7) is 6.38. The number of halogens is 10. The van der Waals surface area contributed by atoms with Gasteiger partial charge in [0.15, 0.2) is 46.5 Å². The number of para-hydroxylation sites is 2. The van der Waals surface area contributed by atoms with Gasteiger partial charge in [-0.2, -0.15) is 0 Å². The number of hydrogen-bond donors (Lipinski definition) is 0. The zero-order valence-corrected chi connectivity index (χ0v) is 68.2. The van der Waals surface area contributed by atoms with Crippen LogP contribution < -0.4 is 0 Å². The highest BCUT2D eigenvalue weighted by Crippen LogP contribution is 2.57. The van der Waals surface area contributed by atoms with E-state index < -0.39 is 69.5 Å². The quantitative estimate of drug-likeness (QED) is 0.0429. The van der Waals surface area contributed by atoms with Gasteiger partial charge in [-0.1, -0.05) is 243 Å². The lowest BCUT2D eigenvalue weighted by atomic mass is 9.83. The topological polar surface area (TPSA) is 29.6 Å². The van der Waals surface area contributed by atoms with Crippen LogP contribution in [0.5, 0.6) is 0 Å². The molecule has 0 bridgehead atoms. The molecule has 614 valence electrons. The molecule has 20 aromatic rings. The van der Waals surface area contributed by atoms with Gasteiger partial charge in [-0.3, -0.25) is 0 Å². The second-order valence-corrected chi connectivity index (χ2v) is 32.5. The molecule has 16 heteroatoms. The van der Waals surface area contributed by atoms with Crippen LogP contribution >= 0.6 is 0 Å². The normalized spacial score (nSPS) is 12.1. The van der Waals surface area contributed by atoms with Gasteiger partial charge in [0.25, 0.3) is 0 Å². The van der Waals surface area contributed by atoms with E-state index in [9.17, 15) is 26.3 Å². The number of benzene rings is 20. The molecular weight excluding hydrogens is 1620 g/mol. The van der Waals surface area contributed by atoms with E-state index in [4.69, 9.17) is 0 Å². The molecule has 128 heavy (non-hydrogen) atoms. The lowest BCUT2D eigenvalue weighted by Gasteiger charge is -2.30. The molecule has 6 heterocycles. The summed E-state index contributed by atoms with van der Waals surface area (Å²) in [5, 5.41) is 11.6. The molecule has 0 amide bonds. The fourth-order valence-electron chi connectivity index (χ4n) is 21.0. The molecule has 6 aliphatic rings. The number of nitrogens with zero attached hydrogens (tertiary/aromatic N) is 6. The highest BCUT2D eigenvalue weighted by atomic mass is 19.2. The Bertz CT molecular complexity index is 8300. The van der Waals surface area contributed by atoms with E-state index in [2.05, 4.69) is 311 Å². The minimum absolute atomic E-state index is 0.0577. The monoisotopic (exact) mass is 1680 g/mol. The molecule has 0 saturated heterocycles. The Hall–Kier alpha value is -15.9. The summed E-state index contributed by atoms with van der Waals surface area (Å²) in [5.41, 5.74) is 25.4. The van der Waals surface area contributed by atoms with Crippen molar-refractivity contribution in [3.8, 4) is 101 Å². The van der Waals surface area contributed by atoms with Gasteiger partial charge >= 0.3 is 0 Å². The third-order valence-corrected chi connectivity index (χ3v) is 26.1. The van der Waals surface area contributed by atoms with Gasteiger partial charge in [0.05, 0.1) is 55.2 Å². The molecule has 26 rings (SSSR count). The van der Waals surface area contributed by atoms with Crippen molar-refractivity contribution in [3.63, 3.8) is 0 Å². The molecule has 6 aliphatic heterocycles. The fourth-order valence-corrected chi connectivity index (χ4v) is 21.0. The maximum atomic E-state index is 15.4. The van der Waals surface area contributed by atoms with Gasteiger partial charge in [-0.05, 0) is 188 Å². The molecule has 0 saturated carbocycles. The SMILES string of the molecule is CCn1c2cc(-c3ccccc3)c3cccc4c3c2-c2c3c(cccc31)c(-c1ccccc1)cc2n4CC.Fc1c(F)c(F)c(-n2c3ccc4cccc5c4c3-c3c4c(cccc42)ccc3n5-c2c(F)c(F)c(F)c(F)c2F)c(F)c1F.c1ccc(-c2cc3c4c5c2cccc5n(-c2ccccc2)c2cc(-c5ccccc5)c5cccc(c5c2-4)n3-c2ccccc2)cc1. The number of rotatable bonds is 10. The van der Waals surface area contributed by atoms with Crippen molar-refractivity contribution in [3.05, 3.63) is 398 Å². The molecule has 0 aromatic heterocycles. The minimum atomic E-state index is -2.35. The Morgan fingerprint density at radius 3 is 0.734 bits per heavy atom. The van der Waals surface area contributed by atoms with Crippen molar-refractivity contribution in [2.24, 2.45) is 0 Å². The van der Waals surface area contributed by atoms with E-state index in [1.807, 2.05) is 0 Å². The molecule has 0 aliphatic carbocycles. The van der Waals surface area contributed by atoms with Crippen molar-refractivity contribution in [2.45, 2.75) is 26.9 Å². The first-order valence-corrected chi connectivity index (χ1v) is 42.3. The Labute approximate surface area is 723 Å². The summed E-state index contributed by atoms with van der Waals surface area (Å²) < 4.78 is 159. The highest BCUT2D eigenvalue weighted by Gasteiger charge is 2.37. The summed E-state index contributed by atoms with van der Waals surface area (Å²) in [6.07, 6.45) is 0. The lowest BCUT2D eigenvalue weighted by molar-refractivity contribution is 0.376. The molecule has 0 spiro atoms. The van der Waals surface area contributed by atoms with Gasteiger partial charge in [0.1, 0.15) is 11.4 Å². The predicted octanol–water partition coefficient (Wildman–Crippen LogP) is 31.4. The van der Waals surface area contributed by atoms with Gasteiger partial charge in [-0.25, -0.2) is 43.9 Å². The van der Waals surface area contributed by atoms with Crippen LogP contribution in [0.2, 0.25) is 0 Å². The predicted molar refractivity (Wildman–Crippen MR) is 499 cm³/mol. The Kier molecular flexibility index (Phi) is 17.1. The molecule has 0 N–H and O–H groups in total. The van der Waals surface area contributed by atoms with Crippen molar-refractivity contribution in [1.82, 2.24) is 27.4 Å². The van der Waals surface area contributed by atoms with E-state index in [0.717, 1.165) is 33.6 Å². The second kappa shape index (κ2) is 28.8. The van der Waals surface area contributed by atoms with Crippen LogP contribution in [0.25, 0.3) is 231 Å². The van der Waals surface area contributed by atoms with Crippen LogP contribution in [-0.2, 0) is 13.1 Å². The third-order valence-electron chi connectivity index (χ3n) is 26.1. The summed E-state index contributed by atoms with van der Waals surface area (Å²) >= 11 is 0. The van der Waals surface area contributed by atoms with Crippen LogP contribution in [-0.4, -0.2) is 27.4 Å². The first-order chi connectivity index (χ1) is 62.7. The van der Waals surface area contributed by atoms with Gasteiger partial charge < -0.3 is 27.4 Å². The van der Waals surface area contributed by atoms with Crippen LogP contribution in [0.15, 0.2) is 340 Å². The Morgan fingerprint density at radius 2 is 0.430 bits per heavy atom. The van der Waals surface area contributed by atoms with Crippen LogP contribution in [0.4, 0.5) is 43.9 Å². The van der Waals surface area contributed by atoms with Gasteiger partial charge in [0.2, 0.25) is 11.6 Å². The largest absolute Gasteiger partial charge is 0.341 e. The molecule has 0 unspecified atom stereocenters. The van der Waals surface area contributed by atoms with E-state index >= 15 is 17.6 Å². The van der Waals surface area contributed by atoms with Crippen molar-refractivity contribution < 1.29 is 43.9 Å². The van der Waals surface area contributed by atoms with E-state index in [1.165, 1.54) is 203 Å². The smallest absolute Gasteiger partial charge is 0.200 e. The zero-order chi connectivity index (χ0) is 86.5. The van der Waals surface area contributed by atoms with Crippen molar-refractivity contribution in [1.29, 1.82) is 0 Å². The summed E-state index contributed by atoms with van der Waals surface area (Å²) in [4.78, 5) is 0. The van der Waals surface area contributed by atoms with Crippen LogP contribution in [0.3, 0.4) is 0 Å². The number of aromatic nitrogens is 6. The van der Waals surface area contributed by atoms with Crippen LogP contribution in [0.1, 0.15) is 13.8 Å². The molecule has 20 aromatic carbocycles. The van der Waals surface area contributed by atoms with Gasteiger partial charge in [-0.15, -0.1) is 0 Å². The number of pyridine rings is 6. The third kappa shape index (κ3) is 10.7. The first-order valence-electron chi connectivity index (χ1n) is 42.3.